The number of para-hydroxylation sites is 2. The van der Waals surface area contributed by atoms with Crippen molar-refractivity contribution in [2.24, 2.45) is 5.73 Å². The molecule has 0 saturated carbocycles. The third-order valence-electron chi connectivity index (χ3n) is 5.39. The molecule has 0 aliphatic carbocycles. The van der Waals surface area contributed by atoms with E-state index in [9.17, 15) is 14.4 Å². The van der Waals surface area contributed by atoms with Crippen LogP contribution in [-0.4, -0.2) is 18.4 Å². The van der Waals surface area contributed by atoms with Crippen molar-refractivity contribution >= 4 is 28.5 Å². The van der Waals surface area contributed by atoms with Gasteiger partial charge in [0.25, 0.3) is 11.8 Å². The Morgan fingerprint density at radius 2 is 1.62 bits per heavy atom. The number of rotatable bonds is 5. The van der Waals surface area contributed by atoms with Crippen LogP contribution in [0.15, 0.2) is 88.1 Å². The first-order chi connectivity index (χ1) is 15.5. The van der Waals surface area contributed by atoms with Crippen molar-refractivity contribution in [2.75, 3.05) is 11.5 Å². The Hall–Kier alpha value is -4.39. The molecule has 0 fully saturated rings. The number of nitrogens with zero attached hydrogens (tertiary/aromatic N) is 1. The van der Waals surface area contributed by atoms with Gasteiger partial charge in [-0.2, -0.15) is 0 Å². The smallest absolute Gasteiger partial charge is 0.295 e. The normalized spacial score (nSPS) is 15.1. The maximum Gasteiger partial charge on any atom is 0.295 e. The van der Waals surface area contributed by atoms with Gasteiger partial charge in [-0.1, -0.05) is 42.5 Å². The highest BCUT2D eigenvalue weighted by molar-refractivity contribution is 6.10. The Balaban J connectivity index is 1.68. The van der Waals surface area contributed by atoms with Crippen LogP contribution in [0.5, 0.6) is 5.75 Å². The first-order valence-electron chi connectivity index (χ1n) is 10.00. The second-order valence-corrected chi connectivity index (χ2v) is 7.41. The number of hydrogen-bond acceptors (Lipinski definition) is 5. The van der Waals surface area contributed by atoms with Crippen molar-refractivity contribution < 1.29 is 18.7 Å². The van der Waals surface area contributed by atoms with Crippen LogP contribution < -0.4 is 20.8 Å². The number of benzene rings is 3. The zero-order valence-electron chi connectivity index (χ0n) is 16.9. The second-order valence-electron chi connectivity index (χ2n) is 7.41. The van der Waals surface area contributed by atoms with E-state index >= 15 is 0 Å². The van der Waals surface area contributed by atoms with Gasteiger partial charge in [-0.05, 0) is 42.0 Å². The van der Waals surface area contributed by atoms with Gasteiger partial charge in [-0.3, -0.25) is 19.3 Å². The van der Waals surface area contributed by atoms with Crippen molar-refractivity contribution in [1.29, 1.82) is 0 Å². The van der Waals surface area contributed by atoms with Crippen molar-refractivity contribution in [1.82, 2.24) is 0 Å². The van der Waals surface area contributed by atoms with E-state index in [-0.39, 0.29) is 23.7 Å². The SMILES string of the molecule is NC(=O)COc1ccc(C2c3c(oc4ccccc4c3=O)C(=O)N2c2ccccc2)cc1. The molecule has 1 aromatic heterocycles. The summed E-state index contributed by atoms with van der Waals surface area (Å²) in [4.78, 5) is 39.4. The van der Waals surface area contributed by atoms with Crippen molar-refractivity contribution in [3.8, 4) is 5.75 Å². The Morgan fingerprint density at radius 3 is 2.34 bits per heavy atom. The summed E-state index contributed by atoms with van der Waals surface area (Å²) in [5.74, 6) is -0.470. The minimum atomic E-state index is -0.675. The van der Waals surface area contributed by atoms with Gasteiger partial charge >= 0.3 is 0 Å². The molecule has 0 radical (unpaired) electrons. The summed E-state index contributed by atoms with van der Waals surface area (Å²) in [5, 5.41) is 0.417. The second kappa shape index (κ2) is 7.70. The number of anilines is 1. The van der Waals surface area contributed by atoms with E-state index in [0.29, 0.717) is 33.5 Å². The first-order valence-corrected chi connectivity index (χ1v) is 10.00. The number of hydrogen-bond donors (Lipinski definition) is 1. The van der Waals surface area contributed by atoms with E-state index < -0.39 is 11.9 Å². The highest BCUT2D eigenvalue weighted by Gasteiger charge is 2.43. The highest BCUT2D eigenvalue weighted by Crippen LogP contribution is 2.41. The summed E-state index contributed by atoms with van der Waals surface area (Å²) < 4.78 is 11.3. The summed E-state index contributed by atoms with van der Waals surface area (Å²) in [6, 6.07) is 22.2. The summed E-state index contributed by atoms with van der Waals surface area (Å²) in [6.45, 7) is -0.240. The number of carbonyl (C=O) groups excluding carboxylic acids is 2. The van der Waals surface area contributed by atoms with Gasteiger partial charge in [0.05, 0.1) is 17.0 Å². The van der Waals surface area contributed by atoms with E-state index in [2.05, 4.69) is 0 Å². The van der Waals surface area contributed by atoms with Crippen LogP contribution in [-0.2, 0) is 4.79 Å². The van der Waals surface area contributed by atoms with E-state index in [1.165, 1.54) is 0 Å². The number of ether oxygens (including phenoxy) is 1. The molecule has 2 heterocycles. The Kier molecular flexibility index (Phi) is 4.71. The van der Waals surface area contributed by atoms with Crippen LogP contribution in [0.25, 0.3) is 11.0 Å². The fourth-order valence-corrected chi connectivity index (χ4v) is 3.99. The predicted octanol–water partition coefficient (Wildman–Crippen LogP) is 3.41. The van der Waals surface area contributed by atoms with E-state index in [1.54, 1.807) is 53.4 Å². The van der Waals surface area contributed by atoms with Gasteiger partial charge in [-0.15, -0.1) is 0 Å². The standard InChI is InChI=1S/C25H18N2O5/c26-20(28)14-31-17-12-10-15(11-13-17)22-21-23(29)18-8-4-5-9-19(18)32-24(21)25(30)27(22)16-6-2-1-3-7-16/h1-13,22H,14H2,(H2,26,28). The van der Waals surface area contributed by atoms with Gasteiger partial charge < -0.3 is 14.9 Å². The van der Waals surface area contributed by atoms with Gasteiger partial charge in [0, 0.05) is 5.69 Å². The molecule has 158 valence electrons. The van der Waals surface area contributed by atoms with Gasteiger partial charge in [0.15, 0.2) is 12.0 Å². The average Bonchev–Trinajstić information content (AvgIpc) is 3.11. The number of fused-ring (bicyclic) bond motifs is 2. The summed E-state index contributed by atoms with van der Waals surface area (Å²) >= 11 is 0. The summed E-state index contributed by atoms with van der Waals surface area (Å²) in [6.07, 6.45) is 0. The molecule has 1 atom stereocenters. The Morgan fingerprint density at radius 1 is 0.938 bits per heavy atom. The van der Waals surface area contributed by atoms with Crippen LogP contribution in [0.4, 0.5) is 5.69 Å². The fourth-order valence-electron chi connectivity index (χ4n) is 3.99. The molecular weight excluding hydrogens is 408 g/mol. The van der Waals surface area contributed by atoms with E-state index in [1.807, 2.05) is 30.3 Å². The maximum absolute atomic E-state index is 13.5. The Labute approximate surface area is 182 Å². The van der Waals surface area contributed by atoms with Gasteiger partial charge in [-0.25, -0.2) is 0 Å². The third kappa shape index (κ3) is 3.20. The third-order valence-corrected chi connectivity index (χ3v) is 5.39. The van der Waals surface area contributed by atoms with E-state index in [0.717, 1.165) is 0 Å². The maximum atomic E-state index is 13.5. The first kappa shape index (κ1) is 19.6. The molecule has 1 aliphatic rings. The number of primary amides is 1. The molecular formula is C25H18N2O5. The highest BCUT2D eigenvalue weighted by atomic mass is 16.5. The summed E-state index contributed by atoms with van der Waals surface area (Å²) in [5.41, 5.74) is 6.90. The topological polar surface area (TPSA) is 103 Å². The molecule has 7 nitrogen and oxygen atoms in total. The van der Waals surface area contributed by atoms with Gasteiger partial charge in [0.1, 0.15) is 11.3 Å². The van der Waals surface area contributed by atoms with Crippen LogP contribution in [0.1, 0.15) is 27.7 Å². The quantitative estimate of drug-likeness (QED) is 0.527. The molecule has 1 aliphatic heterocycles. The zero-order chi connectivity index (χ0) is 22.2. The molecule has 5 rings (SSSR count). The van der Waals surface area contributed by atoms with Crippen molar-refractivity contribution in [3.63, 3.8) is 0 Å². The minimum Gasteiger partial charge on any atom is -0.484 e. The van der Waals surface area contributed by atoms with Crippen LogP contribution in [0.2, 0.25) is 0 Å². The van der Waals surface area contributed by atoms with Gasteiger partial charge in [0.2, 0.25) is 5.76 Å². The lowest BCUT2D eigenvalue weighted by Crippen LogP contribution is -2.29. The van der Waals surface area contributed by atoms with Crippen LogP contribution in [0, 0.1) is 0 Å². The fraction of sp³-hybridized carbons (Fsp3) is 0.0800. The number of amides is 2. The van der Waals surface area contributed by atoms with E-state index in [4.69, 9.17) is 14.9 Å². The molecule has 0 spiro atoms. The molecule has 2 N–H and O–H groups in total. The molecule has 32 heavy (non-hydrogen) atoms. The molecule has 3 aromatic carbocycles. The minimum absolute atomic E-state index is 0.0385. The average molecular weight is 426 g/mol. The lowest BCUT2D eigenvalue weighted by molar-refractivity contribution is -0.119. The molecule has 4 aromatic rings. The lowest BCUT2D eigenvalue weighted by atomic mass is 9.98. The van der Waals surface area contributed by atoms with Crippen LogP contribution >= 0.6 is 0 Å². The largest absolute Gasteiger partial charge is 0.484 e. The molecule has 0 bridgehead atoms. The predicted molar refractivity (Wildman–Crippen MR) is 119 cm³/mol. The van der Waals surface area contributed by atoms with Crippen molar-refractivity contribution in [3.05, 3.63) is 106 Å². The molecule has 1 unspecified atom stereocenters. The molecule has 7 heteroatoms. The molecule has 2 amide bonds. The molecule has 0 saturated heterocycles. The number of nitrogens with two attached hydrogens (primary N) is 1. The monoisotopic (exact) mass is 426 g/mol. The van der Waals surface area contributed by atoms with Crippen LogP contribution in [0.3, 0.4) is 0 Å². The summed E-state index contributed by atoms with van der Waals surface area (Å²) in [7, 11) is 0. The zero-order valence-corrected chi connectivity index (χ0v) is 16.9. The lowest BCUT2D eigenvalue weighted by Gasteiger charge is -2.25. The Bertz CT molecular complexity index is 1390. The number of carbonyl (C=O) groups is 2. The van der Waals surface area contributed by atoms with Crippen molar-refractivity contribution in [2.45, 2.75) is 6.04 Å².